The number of aliphatic hydroxyl groups excluding tert-OH is 1. The maximum absolute atomic E-state index is 10.5. The fourth-order valence-electron chi connectivity index (χ4n) is 3.19. The van der Waals surface area contributed by atoms with E-state index in [4.69, 9.17) is 0 Å². The smallest absolute Gasteiger partial charge is 0.0624 e. The third-order valence-corrected chi connectivity index (χ3v) is 4.50. The van der Waals surface area contributed by atoms with Crippen LogP contribution < -0.4 is 0 Å². The zero-order valence-corrected chi connectivity index (χ0v) is 12.4. The van der Waals surface area contributed by atoms with Gasteiger partial charge in [0.05, 0.1) is 11.8 Å². The van der Waals surface area contributed by atoms with Crippen molar-refractivity contribution in [2.75, 3.05) is 0 Å². The molecule has 0 aromatic carbocycles. The summed E-state index contributed by atoms with van der Waals surface area (Å²) in [6, 6.07) is 2.14. The monoisotopic (exact) mass is 264 g/mol. The van der Waals surface area contributed by atoms with Gasteiger partial charge in [-0.2, -0.15) is 5.10 Å². The quantitative estimate of drug-likeness (QED) is 0.906. The lowest BCUT2D eigenvalue weighted by molar-refractivity contribution is 0.0896. The first kappa shape index (κ1) is 14.6. The van der Waals surface area contributed by atoms with Crippen LogP contribution in [0.3, 0.4) is 0 Å². The third kappa shape index (κ3) is 4.07. The normalized spacial score (nSPS) is 19.9. The lowest BCUT2D eigenvalue weighted by Crippen LogP contribution is -2.24. The molecule has 1 aromatic rings. The van der Waals surface area contributed by atoms with Gasteiger partial charge in [0.25, 0.3) is 0 Å². The summed E-state index contributed by atoms with van der Waals surface area (Å²) in [5.41, 5.74) is 2.30. The molecule has 0 aliphatic heterocycles. The molecule has 0 bridgehead atoms. The molecule has 0 spiro atoms. The first-order chi connectivity index (χ1) is 9.20. The Morgan fingerprint density at radius 3 is 2.47 bits per heavy atom. The molecular weight excluding hydrogens is 236 g/mol. The van der Waals surface area contributed by atoms with Crippen LogP contribution in [0.4, 0.5) is 0 Å². The van der Waals surface area contributed by atoms with Crippen molar-refractivity contribution >= 4 is 0 Å². The maximum Gasteiger partial charge on any atom is 0.0624 e. The minimum Gasteiger partial charge on any atom is -0.392 e. The van der Waals surface area contributed by atoms with Gasteiger partial charge in [0.2, 0.25) is 0 Å². The Hall–Kier alpha value is -0.830. The molecule has 0 amide bonds. The van der Waals surface area contributed by atoms with Crippen LogP contribution in [-0.4, -0.2) is 21.0 Å². The number of aliphatic hydroxyl groups is 1. The molecule has 1 aliphatic carbocycles. The second-order valence-electron chi connectivity index (χ2n) is 5.98. The van der Waals surface area contributed by atoms with Crippen molar-refractivity contribution in [3.05, 3.63) is 17.5 Å². The number of hydrogen-bond acceptors (Lipinski definition) is 2. The highest BCUT2D eigenvalue weighted by Crippen LogP contribution is 2.26. The van der Waals surface area contributed by atoms with E-state index in [2.05, 4.69) is 18.1 Å². The molecule has 1 aromatic heterocycles. The van der Waals surface area contributed by atoms with Gasteiger partial charge < -0.3 is 5.11 Å². The van der Waals surface area contributed by atoms with Crippen molar-refractivity contribution < 1.29 is 5.11 Å². The van der Waals surface area contributed by atoms with E-state index >= 15 is 0 Å². The van der Waals surface area contributed by atoms with E-state index in [-0.39, 0.29) is 6.10 Å². The summed E-state index contributed by atoms with van der Waals surface area (Å²) in [7, 11) is 1.99. The van der Waals surface area contributed by atoms with Crippen LogP contribution in [0.1, 0.15) is 63.3 Å². The van der Waals surface area contributed by atoms with Crippen molar-refractivity contribution in [3.8, 4) is 0 Å². The van der Waals surface area contributed by atoms with E-state index in [9.17, 15) is 5.11 Å². The maximum atomic E-state index is 10.5. The standard InChI is InChI=1S/C16H28N2O/c1-3-14-11-15(18(2)17-14)12-16(19)13-9-7-5-4-6-8-10-13/h11,13,16,19H,3-10,12H2,1-2H3. The lowest BCUT2D eigenvalue weighted by atomic mass is 9.85. The Morgan fingerprint density at radius 2 is 1.89 bits per heavy atom. The van der Waals surface area contributed by atoms with E-state index in [1.165, 1.54) is 50.6 Å². The molecule has 3 heteroatoms. The number of hydrogen-bond donors (Lipinski definition) is 1. The molecule has 1 aliphatic rings. The van der Waals surface area contributed by atoms with E-state index in [1.807, 2.05) is 11.7 Å². The van der Waals surface area contributed by atoms with Crippen molar-refractivity contribution in [2.45, 2.75) is 70.8 Å². The van der Waals surface area contributed by atoms with Crippen molar-refractivity contribution in [2.24, 2.45) is 13.0 Å². The topological polar surface area (TPSA) is 38.0 Å². The van der Waals surface area contributed by atoms with Crippen LogP contribution in [0.15, 0.2) is 6.07 Å². The zero-order valence-electron chi connectivity index (χ0n) is 12.4. The van der Waals surface area contributed by atoms with Crippen LogP contribution in [0.5, 0.6) is 0 Å². The predicted molar refractivity (Wildman–Crippen MR) is 78.1 cm³/mol. The van der Waals surface area contributed by atoms with Crippen LogP contribution in [-0.2, 0) is 19.9 Å². The SMILES string of the molecule is CCc1cc(CC(O)C2CCCCCCC2)n(C)n1. The van der Waals surface area contributed by atoms with Gasteiger partial charge in [-0.3, -0.25) is 4.68 Å². The van der Waals surface area contributed by atoms with Gasteiger partial charge in [-0.05, 0) is 31.2 Å². The summed E-state index contributed by atoms with van der Waals surface area (Å²) >= 11 is 0. The summed E-state index contributed by atoms with van der Waals surface area (Å²) in [5.74, 6) is 0.486. The van der Waals surface area contributed by atoms with E-state index in [0.29, 0.717) is 5.92 Å². The zero-order chi connectivity index (χ0) is 13.7. The molecule has 0 radical (unpaired) electrons. The molecule has 19 heavy (non-hydrogen) atoms. The molecule has 108 valence electrons. The van der Waals surface area contributed by atoms with E-state index in [0.717, 1.165) is 18.5 Å². The number of aryl methyl sites for hydroxylation is 2. The van der Waals surface area contributed by atoms with Gasteiger partial charge >= 0.3 is 0 Å². The molecule has 0 saturated heterocycles. The Labute approximate surface area is 117 Å². The lowest BCUT2D eigenvalue weighted by Gasteiger charge is -2.24. The highest BCUT2D eigenvalue weighted by molar-refractivity contribution is 5.11. The summed E-state index contributed by atoms with van der Waals surface area (Å²) in [6.07, 6.45) is 10.5. The van der Waals surface area contributed by atoms with E-state index in [1.54, 1.807) is 0 Å². The Kier molecular flexibility index (Phi) is 5.44. The highest BCUT2D eigenvalue weighted by Gasteiger charge is 2.21. The Bertz CT molecular complexity index is 378. The molecular formula is C16H28N2O. The van der Waals surface area contributed by atoms with Gasteiger partial charge in [0.1, 0.15) is 0 Å². The van der Waals surface area contributed by atoms with Gasteiger partial charge in [0.15, 0.2) is 0 Å². The van der Waals surface area contributed by atoms with Crippen molar-refractivity contribution in [1.29, 1.82) is 0 Å². The average Bonchev–Trinajstić information content (AvgIpc) is 2.69. The highest BCUT2D eigenvalue weighted by atomic mass is 16.3. The van der Waals surface area contributed by atoms with Gasteiger partial charge in [-0.1, -0.05) is 39.0 Å². The van der Waals surface area contributed by atoms with Gasteiger partial charge in [0, 0.05) is 19.2 Å². The Balaban J connectivity index is 1.94. The summed E-state index contributed by atoms with van der Waals surface area (Å²) in [6.45, 7) is 2.12. The second-order valence-corrected chi connectivity index (χ2v) is 5.98. The van der Waals surface area contributed by atoms with Gasteiger partial charge in [-0.15, -0.1) is 0 Å². The number of rotatable bonds is 4. The fourth-order valence-corrected chi connectivity index (χ4v) is 3.19. The molecule has 2 rings (SSSR count). The molecule has 3 nitrogen and oxygen atoms in total. The number of nitrogens with zero attached hydrogens (tertiary/aromatic N) is 2. The van der Waals surface area contributed by atoms with Crippen molar-refractivity contribution in [3.63, 3.8) is 0 Å². The summed E-state index contributed by atoms with van der Waals surface area (Å²) in [4.78, 5) is 0. The Morgan fingerprint density at radius 1 is 1.26 bits per heavy atom. The minimum atomic E-state index is -0.196. The fraction of sp³-hybridized carbons (Fsp3) is 0.812. The molecule has 1 atom stereocenters. The molecule has 1 fully saturated rings. The van der Waals surface area contributed by atoms with Gasteiger partial charge in [-0.25, -0.2) is 0 Å². The first-order valence-corrected chi connectivity index (χ1v) is 7.90. The van der Waals surface area contributed by atoms with E-state index < -0.39 is 0 Å². The van der Waals surface area contributed by atoms with Crippen LogP contribution in [0.25, 0.3) is 0 Å². The largest absolute Gasteiger partial charge is 0.392 e. The molecule has 1 saturated carbocycles. The summed E-state index contributed by atoms with van der Waals surface area (Å²) < 4.78 is 1.94. The van der Waals surface area contributed by atoms with Crippen molar-refractivity contribution in [1.82, 2.24) is 9.78 Å². The number of aromatic nitrogens is 2. The average molecular weight is 264 g/mol. The molecule has 1 heterocycles. The molecule has 1 unspecified atom stereocenters. The summed E-state index contributed by atoms with van der Waals surface area (Å²) in [5, 5.41) is 15.0. The third-order valence-electron chi connectivity index (χ3n) is 4.50. The van der Waals surface area contributed by atoms with Crippen LogP contribution >= 0.6 is 0 Å². The predicted octanol–water partition coefficient (Wildman–Crippen LogP) is 3.25. The minimum absolute atomic E-state index is 0.196. The van der Waals surface area contributed by atoms with Crippen LogP contribution in [0.2, 0.25) is 0 Å². The van der Waals surface area contributed by atoms with Crippen LogP contribution in [0, 0.1) is 5.92 Å². The second kappa shape index (κ2) is 7.09. The first-order valence-electron chi connectivity index (χ1n) is 7.90. The molecule has 1 N–H and O–H groups in total.